The molecule has 0 amide bonds. The van der Waals surface area contributed by atoms with Crippen LogP contribution in [0, 0.1) is 11.3 Å². The van der Waals surface area contributed by atoms with Crippen LogP contribution in [0.4, 0.5) is 0 Å². The third kappa shape index (κ3) is 4.26. The second-order valence-electron chi connectivity index (χ2n) is 6.68. The van der Waals surface area contributed by atoms with Crippen molar-refractivity contribution in [2.24, 2.45) is 0 Å². The van der Waals surface area contributed by atoms with Crippen LogP contribution in [0.2, 0.25) is 0 Å². The lowest BCUT2D eigenvalue weighted by Crippen LogP contribution is -2.02. The van der Waals surface area contributed by atoms with Crippen LogP contribution in [0.5, 0.6) is 5.75 Å². The summed E-state index contributed by atoms with van der Waals surface area (Å²) < 4.78 is 6.86. The van der Waals surface area contributed by atoms with Crippen molar-refractivity contribution in [3.8, 4) is 28.8 Å². The van der Waals surface area contributed by atoms with Gasteiger partial charge >= 0.3 is 0 Å². The van der Waals surface area contributed by atoms with Crippen LogP contribution in [-0.2, 0) is 0 Å². The van der Waals surface area contributed by atoms with E-state index < -0.39 is 0 Å². The summed E-state index contributed by atoms with van der Waals surface area (Å²) in [6.45, 7) is 0. The maximum atomic E-state index is 12.9. The van der Waals surface area contributed by atoms with Gasteiger partial charge in [0.1, 0.15) is 23.1 Å². The third-order valence-electron chi connectivity index (χ3n) is 4.72. The highest BCUT2D eigenvalue weighted by Crippen LogP contribution is 2.26. The molecular weight excluding hydrogens is 388 g/mol. The molecule has 0 aliphatic rings. The first-order valence-electron chi connectivity index (χ1n) is 9.55. The van der Waals surface area contributed by atoms with E-state index in [1.165, 1.54) is 0 Å². The minimum absolute atomic E-state index is 0.0166. The fourth-order valence-corrected chi connectivity index (χ4v) is 3.14. The van der Waals surface area contributed by atoms with Crippen molar-refractivity contribution in [2.75, 3.05) is 7.11 Å². The maximum absolute atomic E-state index is 12.9. The average Bonchev–Trinajstić information content (AvgIpc) is 3.27. The lowest BCUT2D eigenvalue weighted by atomic mass is 10.0. The summed E-state index contributed by atoms with van der Waals surface area (Å²) in [5, 5.41) is 14.4. The lowest BCUT2D eigenvalue weighted by Gasteiger charge is -2.03. The number of methoxy groups -OCH3 is 1. The summed E-state index contributed by atoms with van der Waals surface area (Å²) in [5.41, 5.74) is 3.36. The number of nitrogens with zero attached hydrogens (tertiary/aromatic N) is 4. The smallest absolute Gasteiger partial charge is 0.203 e. The Morgan fingerprint density at radius 1 is 1.06 bits per heavy atom. The Balaban J connectivity index is 1.79. The number of para-hydroxylation sites is 1. The first kappa shape index (κ1) is 19.8. The third-order valence-corrected chi connectivity index (χ3v) is 4.72. The first-order valence-corrected chi connectivity index (χ1v) is 9.55. The van der Waals surface area contributed by atoms with Gasteiger partial charge in [-0.05, 0) is 54.6 Å². The summed E-state index contributed by atoms with van der Waals surface area (Å²) in [7, 11) is 1.56. The molecule has 0 N–H and O–H groups in total. The van der Waals surface area contributed by atoms with Crippen molar-refractivity contribution < 1.29 is 9.53 Å². The van der Waals surface area contributed by atoms with E-state index >= 15 is 0 Å². The summed E-state index contributed by atoms with van der Waals surface area (Å²) in [4.78, 5) is 17.1. The molecule has 2 aromatic heterocycles. The molecule has 0 atom stereocenters. The molecule has 0 fully saturated rings. The number of Topliss-reactive ketones (excluding diaryl/α,β-unsaturated/α-hetero) is 1. The number of ether oxygens (including phenoxy) is 1. The largest absolute Gasteiger partial charge is 0.497 e. The van der Waals surface area contributed by atoms with Crippen molar-refractivity contribution in [3.63, 3.8) is 0 Å². The Kier molecular flexibility index (Phi) is 5.68. The average molecular weight is 406 g/mol. The van der Waals surface area contributed by atoms with Gasteiger partial charge in [0.05, 0.1) is 12.8 Å². The number of ketones is 1. The van der Waals surface area contributed by atoms with Crippen molar-refractivity contribution in [1.82, 2.24) is 14.8 Å². The second-order valence-corrected chi connectivity index (χ2v) is 6.68. The summed E-state index contributed by atoms with van der Waals surface area (Å²) in [6, 6.07) is 22.0. The van der Waals surface area contributed by atoms with Gasteiger partial charge in [0, 0.05) is 35.3 Å². The van der Waals surface area contributed by atoms with E-state index in [2.05, 4.69) is 10.1 Å². The molecule has 0 aliphatic carbocycles. The van der Waals surface area contributed by atoms with Gasteiger partial charge in [0.2, 0.25) is 5.78 Å². The monoisotopic (exact) mass is 406 g/mol. The van der Waals surface area contributed by atoms with E-state index in [9.17, 15) is 10.1 Å². The topological polar surface area (TPSA) is 80.8 Å². The predicted octanol–water partition coefficient (Wildman–Crippen LogP) is 4.73. The van der Waals surface area contributed by atoms with Crippen molar-refractivity contribution in [3.05, 3.63) is 102 Å². The normalized spacial score (nSPS) is 11.0. The van der Waals surface area contributed by atoms with Crippen LogP contribution in [0.3, 0.4) is 0 Å². The van der Waals surface area contributed by atoms with Crippen molar-refractivity contribution in [1.29, 1.82) is 5.26 Å². The fourth-order valence-electron chi connectivity index (χ4n) is 3.14. The number of nitriles is 1. The predicted molar refractivity (Wildman–Crippen MR) is 118 cm³/mol. The Hall–Kier alpha value is -4.50. The van der Waals surface area contributed by atoms with E-state index in [-0.39, 0.29) is 11.4 Å². The quantitative estimate of drug-likeness (QED) is 0.263. The van der Waals surface area contributed by atoms with Crippen LogP contribution in [0.25, 0.3) is 23.0 Å². The van der Waals surface area contributed by atoms with Crippen molar-refractivity contribution in [2.45, 2.75) is 0 Å². The van der Waals surface area contributed by atoms with Gasteiger partial charge < -0.3 is 4.74 Å². The van der Waals surface area contributed by atoms with Crippen molar-refractivity contribution >= 4 is 11.9 Å². The van der Waals surface area contributed by atoms with Crippen LogP contribution in [0.1, 0.15) is 15.9 Å². The molecule has 6 nitrogen and oxygen atoms in total. The zero-order valence-electron chi connectivity index (χ0n) is 16.8. The Morgan fingerprint density at radius 2 is 1.84 bits per heavy atom. The SMILES string of the molecule is COc1ccc(C(=O)/C(C#N)=C/c2cn(-c3ccccc3)nc2-c2cccnc2)cc1. The van der Waals surface area contributed by atoms with Crippen LogP contribution < -0.4 is 4.74 Å². The highest BCUT2D eigenvalue weighted by Gasteiger charge is 2.16. The number of carbonyl (C=O) groups excluding carboxylic acids is 1. The van der Waals surface area contributed by atoms with E-state index in [4.69, 9.17) is 4.74 Å². The van der Waals surface area contributed by atoms with Gasteiger partial charge in [-0.1, -0.05) is 18.2 Å². The second kappa shape index (κ2) is 8.89. The van der Waals surface area contributed by atoms with Gasteiger partial charge in [-0.25, -0.2) is 4.68 Å². The van der Waals surface area contributed by atoms with Gasteiger partial charge in [-0.3, -0.25) is 9.78 Å². The van der Waals surface area contributed by atoms with E-state index in [0.29, 0.717) is 22.6 Å². The summed E-state index contributed by atoms with van der Waals surface area (Å²) in [6.07, 6.45) is 6.76. The first-order chi connectivity index (χ1) is 15.2. The molecule has 2 aromatic carbocycles. The number of carbonyl (C=O) groups is 1. The minimum atomic E-state index is -0.366. The molecule has 31 heavy (non-hydrogen) atoms. The van der Waals surface area contributed by atoms with Gasteiger partial charge in [0.25, 0.3) is 0 Å². The zero-order chi connectivity index (χ0) is 21.6. The number of rotatable bonds is 6. The highest BCUT2D eigenvalue weighted by atomic mass is 16.5. The molecule has 2 heterocycles. The number of allylic oxidation sites excluding steroid dienone is 1. The van der Waals surface area contributed by atoms with Crippen LogP contribution >= 0.6 is 0 Å². The molecular formula is C25H18N4O2. The summed E-state index contributed by atoms with van der Waals surface area (Å²) in [5.74, 6) is 0.275. The lowest BCUT2D eigenvalue weighted by molar-refractivity contribution is 0.104. The van der Waals surface area contributed by atoms with E-state index in [0.717, 1.165) is 11.3 Å². The molecule has 4 rings (SSSR count). The molecule has 0 saturated carbocycles. The molecule has 0 unspecified atom stereocenters. The molecule has 6 heteroatoms. The molecule has 0 saturated heterocycles. The number of hydrogen-bond acceptors (Lipinski definition) is 5. The number of pyridine rings is 1. The van der Waals surface area contributed by atoms with Gasteiger partial charge in [0.15, 0.2) is 0 Å². The number of hydrogen-bond donors (Lipinski definition) is 0. The van der Waals surface area contributed by atoms with E-state index in [1.54, 1.807) is 60.7 Å². The van der Waals surface area contributed by atoms with Gasteiger partial charge in [-0.2, -0.15) is 10.4 Å². The Morgan fingerprint density at radius 3 is 2.48 bits per heavy atom. The Labute approximate surface area is 179 Å². The Bertz CT molecular complexity index is 1270. The zero-order valence-corrected chi connectivity index (χ0v) is 16.8. The molecule has 0 aliphatic heterocycles. The summed E-state index contributed by atoms with van der Waals surface area (Å²) >= 11 is 0. The fraction of sp³-hybridized carbons (Fsp3) is 0.0400. The van der Waals surface area contributed by atoms with Gasteiger partial charge in [-0.15, -0.1) is 0 Å². The van der Waals surface area contributed by atoms with E-state index in [1.807, 2.05) is 48.5 Å². The highest BCUT2D eigenvalue weighted by molar-refractivity contribution is 6.14. The number of aromatic nitrogens is 3. The molecule has 150 valence electrons. The molecule has 0 radical (unpaired) electrons. The minimum Gasteiger partial charge on any atom is -0.497 e. The maximum Gasteiger partial charge on any atom is 0.203 e. The molecule has 0 bridgehead atoms. The van der Waals surface area contributed by atoms with Crippen LogP contribution in [-0.4, -0.2) is 27.7 Å². The molecule has 4 aromatic rings. The standard InChI is InChI=1S/C25H18N4O2/c1-31-23-11-9-18(10-12-23)25(30)20(15-26)14-21-17-29(22-7-3-2-4-8-22)28-24(21)19-6-5-13-27-16-19/h2-14,16-17H,1H3/b20-14+. The van der Waals surface area contributed by atoms with Crippen LogP contribution in [0.15, 0.2) is 90.9 Å². The molecule has 0 spiro atoms. The number of benzene rings is 2.